The molecule has 3 heterocycles. The molecule has 0 fully saturated rings. The second-order valence-corrected chi connectivity index (χ2v) is 25.0. The van der Waals surface area contributed by atoms with Crippen molar-refractivity contribution in [3.05, 3.63) is 124 Å². The third-order valence-electron chi connectivity index (χ3n) is 15.7. The van der Waals surface area contributed by atoms with Crippen molar-refractivity contribution in [3.63, 3.8) is 0 Å². The first kappa shape index (κ1) is 41.2. The zero-order valence-electron chi connectivity index (χ0n) is 39.7. The lowest BCUT2D eigenvalue weighted by atomic mass is 9.35. The predicted molar refractivity (Wildman–Crippen MR) is 269 cm³/mol. The van der Waals surface area contributed by atoms with Crippen LogP contribution in [-0.4, -0.2) is 6.71 Å². The van der Waals surface area contributed by atoms with Crippen molar-refractivity contribution >= 4 is 78.0 Å². The molecule has 1 aromatic heterocycles. The van der Waals surface area contributed by atoms with E-state index in [9.17, 15) is 5.26 Å². The van der Waals surface area contributed by atoms with E-state index in [1.807, 2.05) is 11.3 Å². The van der Waals surface area contributed by atoms with Crippen LogP contribution < -0.4 is 25.5 Å². The molecule has 5 heteroatoms. The van der Waals surface area contributed by atoms with E-state index in [2.05, 4.69) is 198 Å². The van der Waals surface area contributed by atoms with Gasteiger partial charge in [-0.2, -0.15) is 5.26 Å². The second-order valence-electron chi connectivity index (χ2n) is 23.9. The van der Waals surface area contributed by atoms with E-state index in [4.69, 9.17) is 0 Å². The molecule has 6 aromatic rings. The van der Waals surface area contributed by atoms with E-state index in [1.54, 1.807) is 0 Å². The summed E-state index contributed by atoms with van der Waals surface area (Å²) in [5, 5.41) is 12.3. The zero-order chi connectivity index (χ0) is 44.3. The van der Waals surface area contributed by atoms with Gasteiger partial charge in [-0.15, -0.1) is 11.3 Å². The summed E-state index contributed by atoms with van der Waals surface area (Å²) >= 11 is 1.96. The van der Waals surface area contributed by atoms with Crippen molar-refractivity contribution in [2.45, 2.75) is 155 Å². The molecule has 62 heavy (non-hydrogen) atoms. The highest BCUT2D eigenvalue weighted by Crippen LogP contribution is 2.54. The van der Waals surface area contributed by atoms with Crippen LogP contribution in [0, 0.1) is 11.3 Å². The number of rotatable bonds is 2. The first-order chi connectivity index (χ1) is 28.9. The number of fused-ring (bicyclic) bond motifs is 8. The average molecular weight is 834 g/mol. The molecule has 5 aromatic carbocycles. The minimum Gasteiger partial charge on any atom is -0.311 e. The van der Waals surface area contributed by atoms with Crippen LogP contribution in [0.1, 0.15) is 162 Å². The van der Waals surface area contributed by atoms with Gasteiger partial charge in [-0.05, 0) is 157 Å². The second kappa shape index (κ2) is 13.1. The van der Waals surface area contributed by atoms with Crippen molar-refractivity contribution < 1.29 is 0 Å². The molecule has 0 spiro atoms. The molecule has 2 aliphatic carbocycles. The molecule has 0 saturated heterocycles. The summed E-state index contributed by atoms with van der Waals surface area (Å²) in [7, 11) is 0. The maximum atomic E-state index is 11.0. The minimum atomic E-state index is -0.00996. The summed E-state index contributed by atoms with van der Waals surface area (Å²) in [6, 6.07) is 36.1. The fraction of sp³-hybridized carbons (Fsp3) is 0.421. The third-order valence-corrected chi connectivity index (χ3v) is 16.9. The summed E-state index contributed by atoms with van der Waals surface area (Å²) < 4.78 is 2.68. The number of nitriles is 1. The smallest absolute Gasteiger partial charge is 0.264 e. The molecule has 0 atom stereocenters. The van der Waals surface area contributed by atoms with E-state index >= 15 is 0 Å². The van der Waals surface area contributed by atoms with Gasteiger partial charge in [0.05, 0.1) is 17.3 Å². The fourth-order valence-electron chi connectivity index (χ4n) is 11.4. The summed E-state index contributed by atoms with van der Waals surface area (Å²) in [5.41, 5.74) is 19.1. The Bertz CT molecular complexity index is 2900. The first-order valence-corrected chi connectivity index (χ1v) is 23.9. The fourth-order valence-corrected chi connectivity index (χ4v) is 12.7. The Kier molecular flexibility index (Phi) is 8.74. The highest BCUT2D eigenvalue weighted by molar-refractivity contribution is 7.33. The molecule has 0 N–H and O–H groups in total. The van der Waals surface area contributed by atoms with E-state index in [0.29, 0.717) is 5.56 Å². The lowest BCUT2D eigenvalue weighted by Crippen LogP contribution is -2.61. The van der Waals surface area contributed by atoms with Gasteiger partial charge < -0.3 is 9.80 Å². The van der Waals surface area contributed by atoms with E-state index in [1.165, 1.54) is 82.7 Å². The molecular weight excluding hydrogens is 770 g/mol. The lowest BCUT2D eigenvalue weighted by molar-refractivity contribution is 0.332. The molecule has 316 valence electrons. The first-order valence-electron chi connectivity index (χ1n) is 23.1. The monoisotopic (exact) mass is 833 g/mol. The summed E-state index contributed by atoms with van der Waals surface area (Å²) in [5.74, 6) is 0. The minimum absolute atomic E-state index is 0.00582. The number of hydrogen-bond donors (Lipinski definition) is 0. The van der Waals surface area contributed by atoms with Crippen molar-refractivity contribution in [2.24, 2.45) is 0 Å². The number of nitrogens with zero attached hydrogens (tertiary/aromatic N) is 3. The van der Waals surface area contributed by atoms with Crippen molar-refractivity contribution in [3.8, 4) is 6.07 Å². The van der Waals surface area contributed by atoms with Crippen LogP contribution >= 0.6 is 11.3 Å². The molecule has 0 amide bonds. The topological polar surface area (TPSA) is 30.3 Å². The van der Waals surface area contributed by atoms with Gasteiger partial charge in [0.15, 0.2) is 0 Å². The Balaban J connectivity index is 1.34. The van der Waals surface area contributed by atoms with Crippen LogP contribution in [0.4, 0.5) is 34.1 Å². The SMILES string of the molecule is CC(C)(C)c1ccc(N2c3cc(C#N)cc4c3B(c3cc5c(cc3N4c3ccc4c(c3)C(C)(C)CCC4(C)C)C(C)(C)CCC5(C)C)c3sc4ccc(C(C)(C)C)cc4c32)cc1. The number of anilines is 6. The number of thiophene rings is 1. The van der Waals surface area contributed by atoms with Gasteiger partial charge in [-0.1, -0.05) is 127 Å². The Morgan fingerprint density at radius 2 is 1.06 bits per heavy atom. The highest BCUT2D eigenvalue weighted by atomic mass is 32.1. The van der Waals surface area contributed by atoms with Gasteiger partial charge in [0, 0.05) is 43.3 Å². The van der Waals surface area contributed by atoms with Gasteiger partial charge >= 0.3 is 0 Å². The lowest BCUT2D eigenvalue weighted by Gasteiger charge is -2.47. The van der Waals surface area contributed by atoms with Gasteiger partial charge in [-0.3, -0.25) is 0 Å². The van der Waals surface area contributed by atoms with Crippen LogP contribution in [0.3, 0.4) is 0 Å². The van der Waals surface area contributed by atoms with E-state index in [-0.39, 0.29) is 39.2 Å². The normalized spacial score (nSPS) is 19.0. The average Bonchev–Trinajstić information content (AvgIpc) is 3.58. The zero-order valence-corrected chi connectivity index (χ0v) is 40.6. The Morgan fingerprint density at radius 3 is 1.65 bits per heavy atom. The summed E-state index contributed by atoms with van der Waals surface area (Å²) in [6.07, 6.45) is 4.64. The molecule has 2 aliphatic heterocycles. The maximum absolute atomic E-state index is 11.0. The van der Waals surface area contributed by atoms with E-state index < -0.39 is 0 Å². The molecule has 3 nitrogen and oxygen atoms in total. The van der Waals surface area contributed by atoms with Gasteiger partial charge in [0.1, 0.15) is 0 Å². The van der Waals surface area contributed by atoms with Gasteiger partial charge in [0.2, 0.25) is 0 Å². The largest absolute Gasteiger partial charge is 0.311 e. The number of benzene rings is 5. The van der Waals surface area contributed by atoms with Crippen LogP contribution in [0.5, 0.6) is 0 Å². The molecule has 0 saturated carbocycles. The van der Waals surface area contributed by atoms with Crippen LogP contribution in [0.25, 0.3) is 10.1 Å². The highest BCUT2D eigenvalue weighted by Gasteiger charge is 2.48. The van der Waals surface area contributed by atoms with Crippen LogP contribution in [0.2, 0.25) is 0 Å². The summed E-state index contributed by atoms with van der Waals surface area (Å²) in [4.78, 5) is 5.09. The Labute approximate surface area is 376 Å². The molecule has 4 aliphatic rings. The predicted octanol–water partition coefficient (Wildman–Crippen LogP) is 14.1. The van der Waals surface area contributed by atoms with Crippen molar-refractivity contribution in [2.75, 3.05) is 9.80 Å². The van der Waals surface area contributed by atoms with Crippen molar-refractivity contribution in [1.29, 1.82) is 5.26 Å². The molecule has 0 unspecified atom stereocenters. The van der Waals surface area contributed by atoms with Crippen LogP contribution in [-0.2, 0) is 32.5 Å². The molecule has 10 rings (SSSR count). The van der Waals surface area contributed by atoms with Crippen molar-refractivity contribution in [1.82, 2.24) is 0 Å². The van der Waals surface area contributed by atoms with E-state index in [0.717, 1.165) is 36.3 Å². The third kappa shape index (κ3) is 6.09. The summed E-state index contributed by atoms with van der Waals surface area (Å²) in [6.45, 7) is 33.3. The molecule has 0 radical (unpaired) electrons. The quantitative estimate of drug-likeness (QED) is 0.163. The van der Waals surface area contributed by atoms with Gasteiger partial charge in [0.25, 0.3) is 6.71 Å². The number of hydrogen-bond acceptors (Lipinski definition) is 4. The maximum Gasteiger partial charge on any atom is 0.264 e. The Morgan fingerprint density at radius 1 is 0.548 bits per heavy atom. The standard InChI is InChI=1S/C57H64BN3S/c1-52(2,3)35-15-18-37(19-16-35)61-47-28-34(33-59)27-46-49(47)58(51-50(61)39-29-36(53(4,5)6)17-22-48(39)62-51)44-31-42-43(57(13,14)26-25-56(42,11)12)32-45(44)60(46)38-20-21-40-41(30-38)55(9,10)24-23-54(40,7)8/h15-22,27-32H,23-26H2,1-14H3. The molecule has 0 bridgehead atoms. The van der Waals surface area contributed by atoms with Gasteiger partial charge in [-0.25, -0.2) is 0 Å². The Hall–Kier alpha value is -4.79. The molecular formula is C57H64BN3S. The van der Waals surface area contributed by atoms with Crippen LogP contribution in [0.15, 0.2) is 84.9 Å².